The molecule has 0 radical (unpaired) electrons. The van der Waals surface area contributed by atoms with Crippen molar-refractivity contribution in [2.24, 2.45) is 17.6 Å². The molecule has 0 atom stereocenters. The highest BCUT2D eigenvalue weighted by Crippen LogP contribution is 2.29. The zero-order valence-corrected chi connectivity index (χ0v) is 14.7. The smallest absolute Gasteiger partial charge is 0.227 e. The van der Waals surface area contributed by atoms with Gasteiger partial charge < -0.3 is 16.8 Å². The molecule has 1 fully saturated rings. The molecule has 20 heavy (non-hydrogen) atoms. The van der Waals surface area contributed by atoms with Crippen molar-refractivity contribution in [1.82, 2.24) is 4.98 Å². The molecule has 1 heterocycles. The van der Waals surface area contributed by atoms with Gasteiger partial charge in [-0.25, -0.2) is 0 Å². The largest absolute Gasteiger partial charge is 0.396 e. The first-order chi connectivity index (χ1) is 8.70. The van der Waals surface area contributed by atoms with Gasteiger partial charge in [0.15, 0.2) is 0 Å². The summed E-state index contributed by atoms with van der Waals surface area (Å²) in [5.41, 5.74) is 12.5. The Labute approximate surface area is 140 Å². The van der Waals surface area contributed by atoms with E-state index in [1.54, 1.807) is 18.5 Å². The second kappa shape index (κ2) is 9.31. The van der Waals surface area contributed by atoms with Crippen LogP contribution >= 0.6 is 34.0 Å². The number of amides is 1. The molecule has 0 bridgehead atoms. The van der Waals surface area contributed by atoms with Gasteiger partial charge in [0.1, 0.15) is 0 Å². The molecule has 1 aromatic rings. The first-order valence-corrected chi connectivity index (χ1v) is 6.41. The quantitative estimate of drug-likeness (QED) is 0.714. The summed E-state index contributed by atoms with van der Waals surface area (Å²) in [4.78, 5) is 16.0. The number of nitrogens with two attached hydrogens (primary N) is 2. The molecule has 1 saturated carbocycles. The van der Waals surface area contributed by atoms with Crippen LogP contribution in [0.4, 0.5) is 11.4 Å². The maximum atomic E-state index is 12.1. The second-order valence-corrected chi connectivity index (χ2v) is 4.91. The molecule has 0 saturated heterocycles. The zero-order chi connectivity index (χ0) is 13.0. The van der Waals surface area contributed by atoms with Crippen LogP contribution in [-0.2, 0) is 4.79 Å². The van der Waals surface area contributed by atoms with Crippen molar-refractivity contribution in [2.45, 2.75) is 25.7 Å². The number of anilines is 2. The van der Waals surface area contributed by atoms with E-state index in [1.807, 2.05) is 0 Å². The standard InChI is InChI=1S/C13H20N4O.2BrH/c14-7-9-1-3-10(4-2-9)13(18)17-12-5-6-16-8-11(12)15;;/h5-6,8-10H,1-4,7,14-15H2,(H,16,17,18);2*1H. The fraction of sp³-hybridized carbons (Fsp3) is 0.538. The Morgan fingerprint density at radius 3 is 2.50 bits per heavy atom. The number of rotatable bonds is 3. The third-order valence-corrected chi connectivity index (χ3v) is 3.66. The van der Waals surface area contributed by atoms with Crippen LogP contribution < -0.4 is 16.8 Å². The number of nitrogen functional groups attached to an aromatic ring is 1. The molecule has 0 aromatic carbocycles. The van der Waals surface area contributed by atoms with Gasteiger partial charge in [0.25, 0.3) is 0 Å². The summed E-state index contributed by atoms with van der Waals surface area (Å²) < 4.78 is 0. The number of hydrogen-bond acceptors (Lipinski definition) is 4. The molecule has 1 amide bonds. The fourth-order valence-electron chi connectivity index (χ4n) is 2.42. The molecule has 1 aliphatic carbocycles. The van der Waals surface area contributed by atoms with E-state index in [-0.39, 0.29) is 45.8 Å². The number of nitrogens with zero attached hydrogens (tertiary/aromatic N) is 1. The number of carbonyl (C=O) groups is 1. The van der Waals surface area contributed by atoms with E-state index in [9.17, 15) is 4.79 Å². The maximum Gasteiger partial charge on any atom is 0.227 e. The van der Waals surface area contributed by atoms with Crippen LogP contribution in [0.25, 0.3) is 0 Å². The van der Waals surface area contributed by atoms with E-state index in [1.165, 1.54) is 0 Å². The Balaban J connectivity index is 0.00000180. The molecule has 0 aliphatic heterocycles. The Bertz CT molecular complexity index is 423. The highest BCUT2D eigenvalue weighted by molar-refractivity contribution is 8.93. The van der Waals surface area contributed by atoms with E-state index in [2.05, 4.69) is 10.3 Å². The Morgan fingerprint density at radius 1 is 1.30 bits per heavy atom. The van der Waals surface area contributed by atoms with Crippen molar-refractivity contribution in [3.63, 3.8) is 0 Å². The molecule has 1 aromatic heterocycles. The van der Waals surface area contributed by atoms with Crippen LogP contribution in [0.1, 0.15) is 25.7 Å². The predicted octanol–water partition coefficient (Wildman–Crippen LogP) is 2.52. The molecule has 7 heteroatoms. The Morgan fingerprint density at radius 2 is 1.95 bits per heavy atom. The molecule has 0 spiro atoms. The number of halogens is 2. The van der Waals surface area contributed by atoms with Crippen molar-refractivity contribution in [3.05, 3.63) is 18.5 Å². The van der Waals surface area contributed by atoms with Crippen LogP contribution in [0.3, 0.4) is 0 Å². The van der Waals surface area contributed by atoms with Gasteiger partial charge in [0, 0.05) is 12.1 Å². The number of pyridine rings is 1. The highest BCUT2D eigenvalue weighted by atomic mass is 79.9. The topological polar surface area (TPSA) is 94.0 Å². The number of hydrogen-bond donors (Lipinski definition) is 3. The lowest BCUT2D eigenvalue weighted by Crippen LogP contribution is -2.29. The summed E-state index contributed by atoms with van der Waals surface area (Å²) in [5.74, 6) is 0.726. The molecule has 114 valence electrons. The van der Waals surface area contributed by atoms with E-state index in [0.717, 1.165) is 32.2 Å². The molecule has 5 nitrogen and oxygen atoms in total. The summed E-state index contributed by atoms with van der Waals surface area (Å²) in [6.07, 6.45) is 7.08. The van der Waals surface area contributed by atoms with Crippen molar-refractivity contribution < 1.29 is 4.79 Å². The van der Waals surface area contributed by atoms with Gasteiger partial charge in [-0.3, -0.25) is 9.78 Å². The lowest BCUT2D eigenvalue weighted by atomic mass is 9.81. The second-order valence-electron chi connectivity index (χ2n) is 4.91. The fourth-order valence-corrected chi connectivity index (χ4v) is 2.42. The average molecular weight is 410 g/mol. The van der Waals surface area contributed by atoms with Crippen molar-refractivity contribution in [3.8, 4) is 0 Å². The van der Waals surface area contributed by atoms with Crippen LogP contribution in [-0.4, -0.2) is 17.4 Å². The zero-order valence-electron chi connectivity index (χ0n) is 11.2. The van der Waals surface area contributed by atoms with Crippen molar-refractivity contribution >= 4 is 51.2 Å². The monoisotopic (exact) mass is 408 g/mol. The van der Waals surface area contributed by atoms with Crippen molar-refractivity contribution in [1.29, 1.82) is 0 Å². The van der Waals surface area contributed by atoms with Gasteiger partial charge in [-0.05, 0) is 44.2 Å². The normalized spacial score (nSPS) is 21.2. The van der Waals surface area contributed by atoms with Crippen LogP contribution in [0, 0.1) is 11.8 Å². The third kappa shape index (κ3) is 5.03. The number of carbonyl (C=O) groups excluding carboxylic acids is 1. The van der Waals surface area contributed by atoms with E-state index in [4.69, 9.17) is 11.5 Å². The van der Waals surface area contributed by atoms with Crippen LogP contribution in [0.15, 0.2) is 18.5 Å². The van der Waals surface area contributed by atoms with Gasteiger partial charge in [0.2, 0.25) is 5.91 Å². The van der Waals surface area contributed by atoms with E-state index >= 15 is 0 Å². The molecule has 1 aliphatic rings. The summed E-state index contributed by atoms with van der Waals surface area (Å²) >= 11 is 0. The summed E-state index contributed by atoms with van der Waals surface area (Å²) in [5, 5.41) is 2.88. The Hall–Kier alpha value is -0.660. The van der Waals surface area contributed by atoms with Crippen molar-refractivity contribution in [2.75, 3.05) is 17.6 Å². The predicted molar refractivity (Wildman–Crippen MR) is 92.4 cm³/mol. The average Bonchev–Trinajstić information content (AvgIpc) is 2.41. The van der Waals surface area contributed by atoms with Gasteiger partial charge in [0.05, 0.1) is 17.6 Å². The summed E-state index contributed by atoms with van der Waals surface area (Å²) in [7, 11) is 0. The molecular formula is C13H22Br2N4O. The van der Waals surface area contributed by atoms with E-state index in [0.29, 0.717) is 17.3 Å². The van der Waals surface area contributed by atoms with Gasteiger partial charge in [-0.15, -0.1) is 34.0 Å². The van der Waals surface area contributed by atoms with Crippen LogP contribution in [0.2, 0.25) is 0 Å². The minimum Gasteiger partial charge on any atom is -0.396 e. The van der Waals surface area contributed by atoms with E-state index < -0.39 is 0 Å². The SMILES string of the molecule is Br.Br.NCC1CCC(C(=O)Nc2ccncc2N)CC1. The number of nitrogens with one attached hydrogen (secondary N) is 1. The van der Waals surface area contributed by atoms with Gasteiger partial charge in [-0.1, -0.05) is 0 Å². The van der Waals surface area contributed by atoms with Gasteiger partial charge >= 0.3 is 0 Å². The third-order valence-electron chi connectivity index (χ3n) is 3.66. The highest BCUT2D eigenvalue weighted by Gasteiger charge is 2.25. The minimum atomic E-state index is 0. The summed E-state index contributed by atoms with van der Waals surface area (Å²) in [6.45, 7) is 0.728. The molecule has 5 N–H and O–H groups in total. The molecular weight excluding hydrogens is 388 g/mol. The van der Waals surface area contributed by atoms with Gasteiger partial charge in [-0.2, -0.15) is 0 Å². The Kier molecular flexibility index (Phi) is 9.00. The van der Waals surface area contributed by atoms with Crippen LogP contribution in [0.5, 0.6) is 0 Å². The first kappa shape index (κ1) is 19.3. The first-order valence-electron chi connectivity index (χ1n) is 6.41. The lowest BCUT2D eigenvalue weighted by Gasteiger charge is -2.26. The molecule has 2 rings (SSSR count). The maximum absolute atomic E-state index is 12.1. The minimum absolute atomic E-state index is 0. The lowest BCUT2D eigenvalue weighted by molar-refractivity contribution is -0.121. The number of aromatic nitrogens is 1. The molecule has 0 unspecified atom stereocenters. The summed E-state index contributed by atoms with van der Waals surface area (Å²) in [6, 6.07) is 1.72.